The summed E-state index contributed by atoms with van der Waals surface area (Å²) in [7, 11) is 0. The van der Waals surface area contributed by atoms with Crippen molar-refractivity contribution < 1.29 is 9.63 Å². The molecule has 0 saturated heterocycles. The average molecular weight is 305 g/mol. The number of carbonyl (C=O) groups is 1. The molecule has 0 spiro atoms. The Kier molecular flexibility index (Phi) is 4.54. The van der Waals surface area contributed by atoms with E-state index in [1.807, 2.05) is 19.1 Å². The van der Waals surface area contributed by atoms with Crippen molar-refractivity contribution in [1.82, 2.24) is 5.32 Å². The van der Waals surface area contributed by atoms with Crippen molar-refractivity contribution in [3.8, 4) is 12.3 Å². The minimum atomic E-state index is -0.663. The third-order valence-electron chi connectivity index (χ3n) is 3.56. The second-order valence-corrected chi connectivity index (χ2v) is 5.60. The molecule has 1 aromatic carbocycles. The van der Waals surface area contributed by atoms with Gasteiger partial charge in [-0.05, 0) is 31.0 Å². The molecule has 0 radical (unpaired) electrons. The number of nitrogens with zero attached hydrogens (tertiary/aromatic N) is 1. The van der Waals surface area contributed by atoms with Gasteiger partial charge in [0, 0.05) is 11.4 Å². The number of halogens is 1. The van der Waals surface area contributed by atoms with Crippen LogP contribution < -0.4 is 5.32 Å². The fourth-order valence-corrected chi connectivity index (χ4v) is 2.04. The summed E-state index contributed by atoms with van der Waals surface area (Å²) in [6, 6.07) is 7.25. The first-order valence-electron chi connectivity index (χ1n) is 6.76. The van der Waals surface area contributed by atoms with Gasteiger partial charge in [-0.2, -0.15) is 0 Å². The number of hydrogen-bond acceptors (Lipinski definition) is 3. The van der Waals surface area contributed by atoms with E-state index in [0.29, 0.717) is 17.9 Å². The molecule has 5 heteroatoms. The Labute approximate surface area is 129 Å². The molecule has 1 amide bonds. The van der Waals surface area contributed by atoms with E-state index in [4.69, 9.17) is 22.9 Å². The SMILES string of the molecule is C#C[C@@](C)(CC)NC(=O)[C@@H]1CC(c2ccc(Cl)cc2)=NO1. The number of amides is 1. The Bertz CT molecular complexity index is 604. The number of oxime groups is 1. The molecule has 1 heterocycles. The fourth-order valence-electron chi connectivity index (χ4n) is 1.91. The first-order chi connectivity index (χ1) is 9.97. The van der Waals surface area contributed by atoms with Gasteiger partial charge in [0.1, 0.15) is 0 Å². The third kappa shape index (κ3) is 3.56. The zero-order valence-electron chi connectivity index (χ0n) is 12.0. The van der Waals surface area contributed by atoms with Gasteiger partial charge in [-0.1, -0.05) is 41.7 Å². The number of nitrogens with one attached hydrogen (secondary N) is 1. The predicted octanol–water partition coefficient (Wildman–Crippen LogP) is 2.75. The number of rotatable bonds is 4. The fraction of sp³-hybridized carbons (Fsp3) is 0.375. The second-order valence-electron chi connectivity index (χ2n) is 5.16. The summed E-state index contributed by atoms with van der Waals surface area (Å²) in [6.07, 6.45) is 5.87. The smallest absolute Gasteiger partial charge is 0.265 e. The predicted molar refractivity (Wildman–Crippen MR) is 83.2 cm³/mol. The molecule has 1 aliphatic heterocycles. The van der Waals surface area contributed by atoms with Gasteiger partial charge in [-0.3, -0.25) is 4.79 Å². The van der Waals surface area contributed by atoms with Gasteiger partial charge in [0.15, 0.2) is 0 Å². The molecule has 2 atom stereocenters. The maximum absolute atomic E-state index is 12.2. The van der Waals surface area contributed by atoms with E-state index < -0.39 is 11.6 Å². The molecule has 1 aliphatic rings. The molecule has 0 bridgehead atoms. The molecule has 0 aromatic heterocycles. The summed E-state index contributed by atoms with van der Waals surface area (Å²) in [5, 5.41) is 7.46. The molecular formula is C16H17ClN2O2. The third-order valence-corrected chi connectivity index (χ3v) is 3.82. The van der Waals surface area contributed by atoms with Crippen molar-refractivity contribution in [2.24, 2.45) is 5.16 Å². The highest BCUT2D eigenvalue weighted by atomic mass is 35.5. The van der Waals surface area contributed by atoms with Crippen LogP contribution in [0.2, 0.25) is 5.02 Å². The Balaban J connectivity index is 2.00. The van der Waals surface area contributed by atoms with Crippen LogP contribution in [0.5, 0.6) is 0 Å². The van der Waals surface area contributed by atoms with Crippen LogP contribution in [-0.4, -0.2) is 23.3 Å². The standard InChI is InChI=1S/C16H17ClN2O2/c1-4-16(3,5-2)18-15(20)14-10-13(19-21-14)11-6-8-12(17)9-7-11/h1,6-9,14H,5,10H2,2-3H3,(H,18,20)/t14-,16-/m0/s1. The van der Waals surface area contributed by atoms with Crippen molar-refractivity contribution >= 4 is 23.2 Å². The van der Waals surface area contributed by atoms with E-state index in [-0.39, 0.29) is 5.91 Å². The first-order valence-corrected chi connectivity index (χ1v) is 7.13. The molecule has 1 N–H and O–H groups in total. The van der Waals surface area contributed by atoms with Crippen LogP contribution in [0.25, 0.3) is 0 Å². The molecule has 0 aliphatic carbocycles. The lowest BCUT2D eigenvalue weighted by atomic mass is 9.99. The summed E-state index contributed by atoms with van der Waals surface area (Å²) in [5.74, 6) is 2.35. The van der Waals surface area contributed by atoms with Gasteiger partial charge in [0.25, 0.3) is 5.91 Å². The highest BCUT2D eigenvalue weighted by Crippen LogP contribution is 2.19. The Morgan fingerprint density at radius 2 is 2.24 bits per heavy atom. The maximum atomic E-state index is 12.2. The van der Waals surface area contributed by atoms with E-state index in [2.05, 4.69) is 16.4 Å². The number of benzene rings is 1. The maximum Gasteiger partial charge on any atom is 0.265 e. The van der Waals surface area contributed by atoms with Crippen molar-refractivity contribution in [2.45, 2.75) is 38.3 Å². The summed E-state index contributed by atoms with van der Waals surface area (Å²) in [5.41, 5.74) is 0.958. The summed E-state index contributed by atoms with van der Waals surface area (Å²) < 4.78 is 0. The largest absolute Gasteiger partial charge is 0.382 e. The van der Waals surface area contributed by atoms with E-state index in [1.165, 1.54) is 0 Å². The van der Waals surface area contributed by atoms with Crippen LogP contribution in [0.1, 0.15) is 32.3 Å². The average Bonchev–Trinajstić information content (AvgIpc) is 2.98. The van der Waals surface area contributed by atoms with Crippen LogP contribution in [0, 0.1) is 12.3 Å². The van der Waals surface area contributed by atoms with E-state index >= 15 is 0 Å². The molecular weight excluding hydrogens is 288 g/mol. The van der Waals surface area contributed by atoms with Gasteiger partial charge in [0.05, 0.1) is 11.3 Å². The second kappa shape index (κ2) is 6.19. The van der Waals surface area contributed by atoms with Gasteiger partial charge in [-0.15, -0.1) is 6.42 Å². The highest BCUT2D eigenvalue weighted by Gasteiger charge is 2.32. The first kappa shape index (κ1) is 15.4. The van der Waals surface area contributed by atoms with Crippen LogP contribution >= 0.6 is 11.6 Å². The quantitative estimate of drug-likeness (QED) is 0.870. The van der Waals surface area contributed by atoms with Gasteiger partial charge < -0.3 is 10.2 Å². The number of hydrogen-bond donors (Lipinski definition) is 1. The zero-order chi connectivity index (χ0) is 15.5. The molecule has 1 aromatic rings. The van der Waals surface area contributed by atoms with E-state index in [1.54, 1.807) is 19.1 Å². The topological polar surface area (TPSA) is 50.7 Å². The monoisotopic (exact) mass is 304 g/mol. The summed E-state index contributed by atoms with van der Waals surface area (Å²) in [6.45, 7) is 3.73. The van der Waals surface area contributed by atoms with Crippen molar-refractivity contribution in [1.29, 1.82) is 0 Å². The van der Waals surface area contributed by atoms with Crippen LogP contribution in [0.15, 0.2) is 29.4 Å². The molecule has 110 valence electrons. The van der Waals surface area contributed by atoms with E-state index in [9.17, 15) is 4.79 Å². The normalized spacial score (nSPS) is 19.9. The minimum Gasteiger partial charge on any atom is -0.382 e. The lowest BCUT2D eigenvalue weighted by Crippen LogP contribution is -2.48. The molecule has 0 saturated carbocycles. The number of terminal acetylenes is 1. The minimum absolute atomic E-state index is 0.245. The molecule has 21 heavy (non-hydrogen) atoms. The van der Waals surface area contributed by atoms with Crippen molar-refractivity contribution in [3.63, 3.8) is 0 Å². The Morgan fingerprint density at radius 3 is 2.81 bits per heavy atom. The Hall–Kier alpha value is -1.99. The van der Waals surface area contributed by atoms with E-state index in [0.717, 1.165) is 11.3 Å². The highest BCUT2D eigenvalue weighted by molar-refractivity contribution is 6.30. The van der Waals surface area contributed by atoms with Crippen molar-refractivity contribution in [2.75, 3.05) is 0 Å². The summed E-state index contributed by atoms with van der Waals surface area (Å²) in [4.78, 5) is 17.4. The lowest BCUT2D eigenvalue weighted by Gasteiger charge is -2.24. The van der Waals surface area contributed by atoms with Gasteiger partial charge in [0.2, 0.25) is 6.10 Å². The van der Waals surface area contributed by atoms with Crippen molar-refractivity contribution in [3.05, 3.63) is 34.9 Å². The zero-order valence-corrected chi connectivity index (χ0v) is 12.8. The molecule has 4 nitrogen and oxygen atoms in total. The summed E-state index contributed by atoms with van der Waals surface area (Å²) >= 11 is 5.85. The molecule has 0 unspecified atom stereocenters. The lowest BCUT2D eigenvalue weighted by molar-refractivity contribution is -0.132. The Morgan fingerprint density at radius 1 is 1.57 bits per heavy atom. The van der Waals surface area contributed by atoms with Crippen LogP contribution in [0.3, 0.4) is 0 Å². The van der Waals surface area contributed by atoms with Crippen LogP contribution in [-0.2, 0) is 9.63 Å². The number of carbonyl (C=O) groups excluding carboxylic acids is 1. The molecule has 2 rings (SSSR count). The van der Waals surface area contributed by atoms with Crippen LogP contribution in [0.4, 0.5) is 0 Å². The molecule has 0 fully saturated rings. The van der Waals surface area contributed by atoms with Gasteiger partial charge >= 0.3 is 0 Å². The van der Waals surface area contributed by atoms with Gasteiger partial charge in [-0.25, -0.2) is 0 Å².